The lowest BCUT2D eigenvalue weighted by molar-refractivity contribution is 0.296. The van der Waals surface area contributed by atoms with Crippen molar-refractivity contribution in [3.8, 4) is 11.1 Å². The second-order valence-corrected chi connectivity index (χ2v) is 9.62. The van der Waals surface area contributed by atoms with Gasteiger partial charge in [-0.15, -0.1) is 0 Å². The normalized spacial score (nSPS) is 19.1. The molecule has 1 aliphatic heterocycles. The molecule has 162 valence electrons. The molecule has 0 spiro atoms. The molecule has 0 amide bonds. The monoisotopic (exact) mass is 400 g/mol. The fourth-order valence-corrected chi connectivity index (χ4v) is 3.13. The van der Waals surface area contributed by atoms with Crippen LogP contribution in [-0.2, 0) is 6.42 Å². The molecule has 3 heteroatoms. The molecule has 2 unspecified atom stereocenters. The Hall–Kier alpha value is -1.71. The molecule has 2 nitrogen and oxygen atoms in total. The summed E-state index contributed by atoms with van der Waals surface area (Å²) in [6.45, 7) is 14.1. The summed E-state index contributed by atoms with van der Waals surface area (Å²) in [6, 6.07) is 15.7. The molecule has 0 aromatic heterocycles. The number of hydrogen-bond acceptors (Lipinski definition) is 2. The fraction of sp³-hybridized carbons (Fsp3) is 0.538. The van der Waals surface area contributed by atoms with E-state index in [4.69, 9.17) is 5.73 Å². The van der Waals surface area contributed by atoms with E-state index in [-0.39, 0.29) is 11.9 Å². The molecule has 0 radical (unpaired) electrons. The number of likely N-dealkylation sites (N-methyl/N-ethyl adjacent to an activating group) is 1. The Morgan fingerprint density at radius 2 is 1.52 bits per heavy atom. The lowest BCUT2D eigenvalue weighted by atomic mass is 9.97. The number of nitrogens with zero attached hydrogens (tertiary/aromatic N) is 1. The molecular formula is C26H41FN2. The average molecular weight is 401 g/mol. The quantitative estimate of drug-likeness (QED) is 0.634. The van der Waals surface area contributed by atoms with Crippen molar-refractivity contribution in [2.24, 2.45) is 11.1 Å². The van der Waals surface area contributed by atoms with E-state index in [0.29, 0.717) is 11.5 Å². The van der Waals surface area contributed by atoms with Gasteiger partial charge in [0.05, 0.1) is 0 Å². The minimum atomic E-state index is -0.199. The molecule has 1 heterocycles. The summed E-state index contributed by atoms with van der Waals surface area (Å²) < 4.78 is 13.4. The molecule has 2 aromatic carbocycles. The Bertz CT molecular complexity index is 705. The first-order chi connectivity index (χ1) is 13.5. The van der Waals surface area contributed by atoms with Crippen LogP contribution in [0, 0.1) is 11.2 Å². The van der Waals surface area contributed by atoms with Crippen LogP contribution in [-0.4, -0.2) is 30.6 Å². The maximum absolute atomic E-state index is 13.4. The minimum Gasteiger partial charge on any atom is -0.326 e. The summed E-state index contributed by atoms with van der Waals surface area (Å²) in [7, 11) is 2.13. The van der Waals surface area contributed by atoms with Crippen molar-refractivity contribution in [2.75, 3.05) is 13.6 Å². The van der Waals surface area contributed by atoms with Crippen molar-refractivity contribution >= 4 is 0 Å². The van der Waals surface area contributed by atoms with Crippen LogP contribution in [0.25, 0.3) is 11.1 Å². The van der Waals surface area contributed by atoms with Gasteiger partial charge >= 0.3 is 0 Å². The summed E-state index contributed by atoms with van der Waals surface area (Å²) in [6.07, 6.45) is 3.26. The largest absolute Gasteiger partial charge is 0.326 e. The lowest BCUT2D eigenvalue weighted by Crippen LogP contribution is -2.39. The number of nitrogens with two attached hydrogens (primary N) is 1. The Morgan fingerprint density at radius 1 is 1.00 bits per heavy atom. The first-order valence-corrected chi connectivity index (χ1v) is 10.9. The average Bonchev–Trinajstić information content (AvgIpc) is 2.93. The van der Waals surface area contributed by atoms with Gasteiger partial charge in [0.25, 0.3) is 0 Å². The number of halogens is 1. The highest BCUT2D eigenvalue weighted by molar-refractivity contribution is 5.64. The number of likely N-dealkylation sites (tertiary alicyclic amines) is 1. The van der Waals surface area contributed by atoms with Gasteiger partial charge in [0.1, 0.15) is 5.82 Å². The van der Waals surface area contributed by atoms with Crippen LogP contribution in [0.3, 0.4) is 0 Å². The third-order valence-corrected chi connectivity index (χ3v) is 4.41. The standard InChI is InChI=1S/C18H21FN2.C5H12.C3H8/c1-21-9-8-17(20)18(21)11-13-4-2-5-14(10-13)15-6-3-7-16(19)12-15;1-5(2,3)4;1-3-2/h2-7,10,12,17-18H,8-9,11,20H2,1H3;1-4H3;3H2,1-2H3. The molecule has 1 fully saturated rings. The lowest BCUT2D eigenvalue weighted by Gasteiger charge is -2.23. The fourth-order valence-electron chi connectivity index (χ4n) is 3.13. The number of rotatable bonds is 3. The Balaban J connectivity index is 0.000000452. The van der Waals surface area contributed by atoms with Gasteiger partial charge in [0.2, 0.25) is 0 Å². The molecule has 0 aliphatic carbocycles. The van der Waals surface area contributed by atoms with Crippen LogP contribution in [0.5, 0.6) is 0 Å². The van der Waals surface area contributed by atoms with E-state index in [1.165, 1.54) is 18.1 Å². The predicted molar refractivity (Wildman–Crippen MR) is 126 cm³/mol. The highest BCUT2D eigenvalue weighted by Gasteiger charge is 2.28. The van der Waals surface area contributed by atoms with Crippen LogP contribution in [0.2, 0.25) is 0 Å². The van der Waals surface area contributed by atoms with Gasteiger partial charge in [-0.1, -0.05) is 84.4 Å². The van der Waals surface area contributed by atoms with E-state index >= 15 is 0 Å². The molecule has 0 saturated carbocycles. The van der Waals surface area contributed by atoms with Crippen LogP contribution >= 0.6 is 0 Å². The van der Waals surface area contributed by atoms with Crippen LogP contribution in [0.15, 0.2) is 48.5 Å². The van der Waals surface area contributed by atoms with Gasteiger partial charge in [0.15, 0.2) is 0 Å². The summed E-state index contributed by atoms with van der Waals surface area (Å²) in [5.41, 5.74) is 9.92. The molecule has 2 N–H and O–H groups in total. The molecular weight excluding hydrogens is 359 g/mol. The maximum atomic E-state index is 13.4. The topological polar surface area (TPSA) is 29.3 Å². The third kappa shape index (κ3) is 10.0. The SMILES string of the molecule is CC(C)(C)C.CCC.CN1CCC(N)C1Cc1cccc(-c2cccc(F)c2)c1. The van der Waals surface area contributed by atoms with Crippen molar-refractivity contribution in [2.45, 2.75) is 72.9 Å². The van der Waals surface area contributed by atoms with E-state index < -0.39 is 0 Å². The Labute approximate surface area is 178 Å². The van der Waals surface area contributed by atoms with E-state index in [1.807, 2.05) is 18.2 Å². The molecule has 29 heavy (non-hydrogen) atoms. The Morgan fingerprint density at radius 3 is 2.00 bits per heavy atom. The van der Waals surface area contributed by atoms with Crippen molar-refractivity contribution in [3.63, 3.8) is 0 Å². The van der Waals surface area contributed by atoms with E-state index in [9.17, 15) is 4.39 Å². The molecule has 2 atom stereocenters. The third-order valence-electron chi connectivity index (χ3n) is 4.41. The van der Waals surface area contributed by atoms with E-state index in [1.54, 1.807) is 12.1 Å². The van der Waals surface area contributed by atoms with E-state index in [2.05, 4.69) is 65.6 Å². The smallest absolute Gasteiger partial charge is 0.123 e. The molecule has 0 bridgehead atoms. The van der Waals surface area contributed by atoms with Gasteiger partial charge in [-0.2, -0.15) is 0 Å². The first kappa shape index (κ1) is 25.3. The van der Waals surface area contributed by atoms with Crippen LogP contribution in [0.4, 0.5) is 4.39 Å². The van der Waals surface area contributed by atoms with Crippen LogP contribution < -0.4 is 5.73 Å². The van der Waals surface area contributed by atoms with Gasteiger partial charge in [-0.3, -0.25) is 0 Å². The molecule has 1 saturated heterocycles. The summed E-state index contributed by atoms with van der Waals surface area (Å²) in [4.78, 5) is 2.33. The number of benzene rings is 2. The first-order valence-electron chi connectivity index (χ1n) is 10.9. The van der Waals surface area contributed by atoms with Crippen molar-refractivity contribution in [3.05, 3.63) is 59.9 Å². The van der Waals surface area contributed by atoms with Crippen molar-refractivity contribution in [1.29, 1.82) is 0 Å². The molecule has 3 rings (SSSR count). The predicted octanol–water partition coefficient (Wildman–Crippen LogP) is 6.54. The second-order valence-electron chi connectivity index (χ2n) is 9.62. The number of hydrogen-bond donors (Lipinski definition) is 1. The zero-order valence-corrected chi connectivity index (χ0v) is 19.5. The highest BCUT2D eigenvalue weighted by Crippen LogP contribution is 2.24. The van der Waals surface area contributed by atoms with Crippen LogP contribution in [0.1, 0.15) is 59.9 Å². The van der Waals surface area contributed by atoms with E-state index in [0.717, 1.165) is 30.5 Å². The van der Waals surface area contributed by atoms with Gasteiger partial charge in [0, 0.05) is 12.1 Å². The summed E-state index contributed by atoms with van der Waals surface area (Å²) in [5, 5.41) is 0. The summed E-state index contributed by atoms with van der Waals surface area (Å²) in [5.74, 6) is -0.199. The Kier molecular flexibility index (Phi) is 10.6. The van der Waals surface area contributed by atoms with Gasteiger partial charge in [-0.05, 0) is 60.7 Å². The highest BCUT2D eigenvalue weighted by atomic mass is 19.1. The van der Waals surface area contributed by atoms with Crippen molar-refractivity contribution < 1.29 is 4.39 Å². The minimum absolute atomic E-state index is 0.199. The molecule has 2 aromatic rings. The summed E-state index contributed by atoms with van der Waals surface area (Å²) >= 11 is 0. The zero-order chi connectivity index (χ0) is 22.0. The maximum Gasteiger partial charge on any atom is 0.123 e. The van der Waals surface area contributed by atoms with Gasteiger partial charge < -0.3 is 10.6 Å². The second kappa shape index (κ2) is 12.1. The zero-order valence-electron chi connectivity index (χ0n) is 19.5. The van der Waals surface area contributed by atoms with Crippen molar-refractivity contribution in [1.82, 2.24) is 4.90 Å². The van der Waals surface area contributed by atoms with Gasteiger partial charge in [-0.25, -0.2) is 4.39 Å². The molecule has 1 aliphatic rings.